The summed E-state index contributed by atoms with van der Waals surface area (Å²) in [5.74, 6) is 1.15. The number of carbonyl (C=O) groups excluding carboxylic acids is 1. The van der Waals surface area contributed by atoms with E-state index >= 15 is 0 Å². The molecule has 1 aliphatic carbocycles. The molecular weight excluding hydrogens is 343 g/mol. The first kappa shape index (κ1) is 17.9. The lowest BCUT2D eigenvalue weighted by Crippen LogP contribution is -2.28. The van der Waals surface area contributed by atoms with Gasteiger partial charge in [0.15, 0.2) is 0 Å². The van der Waals surface area contributed by atoms with Gasteiger partial charge in [0.1, 0.15) is 0 Å². The summed E-state index contributed by atoms with van der Waals surface area (Å²) in [4.78, 5) is 12.2. The first-order valence-corrected chi connectivity index (χ1v) is 8.34. The van der Waals surface area contributed by atoms with Crippen LogP contribution in [0.2, 0.25) is 10.0 Å². The third-order valence-corrected chi connectivity index (χ3v) is 5.36. The first-order chi connectivity index (χ1) is 10.2. The Morgan fingerprint density at radius 2 is 2.18 bits per heavy atom. The van der Waals surface area contributed by atoms with Gasteiger partial charge in [0.2, 0.25) is 5.91 Å². The Hall–Kier alpha value is -0.480. The van der Waals surface area contributed by atoms with E-state index in [-0.39, 0.29) is 30.2 Å². The maximum atomic E-state index is 12.2. The van der Waals surface area contributed by atoms with Crippen LogP contribution in [0.1, 0.15) is 30.7 Å². The average molecular weight is 364 g/mol. The highest BCUT2D eigenvalue weighted by Crippen LogP contribution is 2.50. The number of amides is 1. The van der Waals surface area contributed by atoms with E-state index < -0.39 is 0 Å². The normalized spacial score (nSPS) is 26.4. The molecule has 3 unspecified atom stereocenters. The molecule has 2 N–H and O–H groups in total. The third kappa shape index (κ3) is 4.08. The second-order valence-electron chi connectivity index (χ2n) is 6.03. The Kier molecular flexibility index (Phi) is 6.39. The summed E-state index contributed by atoms with van der Waals surface area (Å²) in [7, 11) is 0. The van der Waals surface area contributed by atoms with Gasteiger partial charge in [-0.05, 0) is 55.8 Å². The Morgan fingerprint density at radius 1 is 1.36 bits per heavy atom. The minimum Gasteiger partial charge on any atom is -0.356 e. The van der Waals surface area contributed by atoms with E-state index in [1.165, 1.54) is 6.42 Å². The van der Waals surface area contributed by atoms with Crippen molar-refractivity contribution in [3.63, 3.8) is 0 Å². The molecule has 6 heteroatoms. The molecule has 1 aromatic carbocycles. The molecule has 0 bridgehead atoms. The fourth-order valence-electron chi connectivity index (χ4n) is 3.13. The maximum absolute atomic E-state index is 12.2. The lowest BCUT2D eigenvalue weighted by Gasteiger charge is -2.09. The van der Waals surface area contributed by atoms with Crippen LogP contribution in [0.15, 0.2) is 18.2 Å². The minimum atomic E-state index is 0. The molecule has 2 fully saturated rings. The van der Waals surface area contributed by atoms with Gasteiger partial charge in [0.05, 0.1) is 10.0 Å². The van der Waals surface area contributed by atoms with E-state index in [0.717, 1.165) is 38.0 Å². The quantitative estimate of drug-likeness (QED) is 0.838. The number of nitrogens with one attached hydrogen (secondary N) is 2. The van der Waals surface area contributed by atoms with Crippen molar-refractivity contribution in [2.24, 2.45) is 11.8 Å². The fourth-order valence-corrected chi connectivity index (χ4v) is 3.57. The van der Waals surface area contributed by atoms with Gasteiger partial charge in [-0.3, -0.25) is 4.79 Å². The molecule has 1 aliphatic heterocycles. The molecule has 0 aromatic heterocycles. The van der Waals surface area contributed by atoms with E-state index in [9.17, 15) is 4.79 Å². The Labute approximate surface area is 147 Å². The van der Waals surface area contributed by atoms with E-state index in [1.54, 1.807) is 6.07 Å². The van der Waals surface area contributed by atoms with Gasteiger partial charge in [-0.1, -0.05) is 35.3 Å². The van der Waals surface area contributed by atoms with E-state index in [0.29, 0.717) is 16.0 Å². The summed E-state index contributed by atoms with van der Waals surface area (Å²) >= 11 is 12.2. The van der Waals surface area contributed by atoms with E-state index in [2.05, 4.69) is 10.6 Å². The van der Waals surface area contributed by atoms with Gasteiger partial charge in [-0.15, -0.1) is 12.4 Å². The molecule has 3 nitrogen and oxygen atoms in total. The average Bonchev–Trinajstić information content (AvgIpc) is 3.10. The van der Waals surface area contributed by atoms with Crippen molar-refractivity contribution < 1.29 is 4.79 Å². The summed E-state index contributed by atoms with van der Waals surface area (Å²) in [6.45, 7) is 2.97. The van der Waals surface area contributed by atoms with E-state index in [1.807, 2.05) is 12.1 Å². The van der Waals surface area contributed by atoms with Crippen molar-refractivity contribution in [2.75, 3.05) is 19.6 Å². The second-order valence-corrected chi connectivity index (χ2v) is 6.82. The molecule has 1 aromatic rings. The molecule has 3 atom stereocenters. The van der Waals surface area contributed by atoms with E-state index in [4.69, 9.17) is 23.2 Å². The third-order valence-electron chi connectivity index (χ3n) is 4.52. The minimum absolute atomic E-state index is 0. The number of hydrogen-bond donors (Lipinski definition) is 2. The molecule has 0 radical (unpaired) electrons. The lowest BCUT2D eigenvalue weighted by molar-refractivity contribution is -0.122. The molecule has 1 heterocycles. The van der Waals surface area contributed by atoms with Crippen molar-refractivity contribution in [2.45, 2.75) is 25.2 Å². The van der Waals surface area contributed by atoms with Crippen LogP contribution in [0.4, 0.5) is 0 Å². The summed E-state index contributed by atoms with van der Waals surface area (Å²) in [5, 5.41) is 7.57. The van der Waals surface area contributed by atoms with Gasteiger partial charge in [-0.25, -0.2) is 0 Å². The van der Waals surface area contributed by atoms with Crippen molar-refractivity contribution in [3.05, 3.63) is 33.8 Å². The molecule has 1 amide bonds. The fraction of sp³-hybridized carbons (Fsp3) is 0.562. The van der Waals surface area contributed by atoms with Crippen LogP contribution in [0.3, 0.4) is 0 Å². The summed E-state index contributed by atoms with van der Waals surface area (Å²) in [6, 6.07) is 5.64. The monoisotopic (exact) mass is 362 g/mol. The Bertz CT molecular complexity index is 532. The highest BCUT2D eigenvalue weighted by molar-refractivity contribution is 6.42. The zero-order chi connectivity index (χ0) is 14.8. The Balaban J connectivity index is 0.00000176. The second kappa shape index (κ2) is 7.87. The molecule has 1 saturated heterocycles. The van der Waals surface area contributed by atoms with Crippen molar-refractivity contribution in [3.8, 4) is 0 Å². The molecule has 122 valence electrons. The number of carbonyl (C=O) groups is 1. The summed E-state index contributed by atoms with van der Waals surface area (Å²) in [5.41, 5.74) is 1.00. The molecule has 22 heavy (non-hydrogen) atoms. The lowest BCUT2D eigenvalue weighted by atomic mass is 10.1. The first-order valence-electron chi connectivity index (χ1n) is 7.59. The Morgan fingerprint density at radius 3 is 2.91 bits per heavy atom. The van der Waals surface area contributed by atoms with Gasteiger partial charge in [-0.2, -0.15) is 0 Å². The number of halogens is 3. The highest BCUT2D eigenvalue weighted by Gasteiger charge is 2.44. The molecular formula is C16H21Cl3N2O. The van der Waals surface area contributed by atoms with Crippen LogP contribution >= 0.6 is 35.6 Å². The van der Waals surface area contributed by atoms with Gasteiger partial charge < -0.3 is 10.6 Å². The van der Waals surface area contributed by atoms with Crippen LogP contribution in [0, 0.1) is 11.8 Å². The van der Waals surface area contributed by atoms with Crippen LogP contribution in [-0.4, -0.2) is 25.5 Å². The van der Waals surface area contributed by atoms with Crippen LogP contribution < -0.4 is 10.6 Å². The van der Waals surface area contributed by atoms with Crippen LogP contribution in [0.5, 0.6) is 0 Å². The number of rotatable bonds is 5. The smallest absolute Gasteiger partial charge is 0.223 e. The number of benzene rings is 1. The van der Waals surface area contributed by atoms with Crippen LogP contribution in [-0.2, 0) is 4.79 Å². The highest BCUT2D eigenvalue weighted by atomic mass is 35.5. The zero-order valence-corrected chi connectivity index (χ0v) is 14.6. The molecule has 1 saturated carbocycles. The molecule has 0 spiro atoms. The van der Waals surface area contributed by atoms with Crippen molar-refractivity contribution in [1.82, 2.24) is 10.6 Å². The predicted molar refractivity (Wildman–Crippen MR) is 93.2 cm³/mol. The van der Waals surface area contributed by atoms with Crippen molar-refractivity contribution >= 4 is 41.5 Å². The topological polar surface area (TPSA) is 41.1 Å². The zero-order valence-electron chi connectivity index (χ0n) is 12.3. The van der Waals surface area contributed by atoms with Gasteiger partial charge in [0.25, 0.3) is 0 Å². The van der Waals surface area contributed by atoms with Crippen molar-refractivity contribution in [1.29, 1.82) is 0 Å². The van der Waals surface area contributed by atoms with Gasteiger partial charge >= 0.3 is 0 Å². The SMILES string of the molecule is Cl.O=C(NCCC1CCNC1)C1CC1c1cccc(Cl)c1Cl. The summed E-state index contributed by atoms with van der Waals surface area (Å²) in [6.07, 6.45) is 3.16. The van der Waals surface area contributed by atoms with Gasteiger partial charge in [0, 0.05) is 12.5 Å². The summed E-state index contributed by atoms with van der Waals surface area (Å²) < 4.78 is 0. The molecule has 3 rings (SSSR count). The standard InChI is InChI=1S/C16H20Cl2N2O.ClH/c17-14-3-1-2-11(15(14)18)12-8-13(12)16(21)20-7-5-10-4-6-19-9-10;/h1-3,10,12-13,19H,4-9H2,(H,20,21);1H. The van der Waals surface area contributed by atoms with Crippen LogP contribution in [0.25, 0.3) is 0 Å². The largest absolute Gasteiger partial charge is 0.356 e. The maximum Gasteiger partial charge on any atom is 0.223 e. The number of hydrogen-bond acceptors (Lipinski definition) is 2. The molecule has 2 aliphatic rings. The predicted octanol–water partition coefficient (Wildman–Crippen LogP) is 3.63.